The Morgan fingerprint density at radius 1 is 1.14 bits per heavy atom. The molecule has 0 atom stereocenters. The van der Waals surface area contributed by atoms with E-state index in [1.807, 2.05) is 6.07 Å². The van der Waals surface area contributed by atoms with Crippen LogP contribution in [0.2, 0.25) is 5.02 Å². The van der Waals surface area contributed by atoms with E-state index in [9.17, 15) is 10.1 Å². The number of rotatable bonds is 6. The van der Waals surface area contributed by atoms with Crippen molar-refractivity contribution in [2.45, 2.75) is 0 Å². The molecule has 0 aliphatic carbocycles. The lowest BCUT2D eigenvalue weighted by Gasteiger charge is -2.08. The third-order valence-electron chi connectivity index (χ3n) is 2.71. The Morgan fingerprint density at radius 2 is 1.82 bits per heavy atom. The van der Waals surface area contributed by atoms with Crippen molar-refractivity contribution in [1.82, 2.24) is 0 Å². The van der Waals surface area contributed by atoms with E-state index in [1.54, 1.807) is 24.3 Å². The van der Waals surface area contributed by atoms with Crippen molar-refractivity contribution >= 4 is 17.3 Å². The fourth-order valence-corrected chi connectivity index (χ4v) is 1.86. The van der Waals surface area contributed by atoms with Crippen molar-refractivity contribution in [2.75, 3.05) is 13.2 Å². The van der Waals surface area contributed by atoms with Crippen molar-refractivity contribution in [3.63, 3.8) is 0 Å². The van der Waals surface area contributed by atoms with E-state index >= 15 is 0 Å². The van der Waals surface area contributed by atoms with Crippen LogP contribution in [0, 0.1) is 21.4 Å². The maximum absolute atomic E-state index is 10.9. The van der Waals surface area contributed by atoms with Crippen molar-refractivity contribution < 1.29 is 14.4 Å². The molecule has 0 fully saturated rings. The van der Waals surface area contributed by atoms with E-state index in [1.165, 1.54) is 18.2 Å². The maximum atomic E-state index is 10.9. The van der Waals surface area contributed by atoms with Gasteiger partial charge < -0.3 is 9.47 Å². The van der Waals surface area contributed by atoms with E-state index < -0.39 is 4.92 Å². The van der Waals surface area contributed by atoms with E-state index in [4.69, 9.17) is 26.3 Å². The van der Waals surface area contributed by atoms with Crippen molar-refractivity contribution in [2.24, 2.45) is 0 Å². The van der Waals surface area contributed by atoms with Crippen LogP contribution < -0.4 is 9.47 Å². The SMILES string of the molecule is N#Cc1ccc(OCCOc2ccc(Cl)cc2[N+](=O)[O-])cc1. The summed E-state index contributed by atoms with van der Waals surface area (Å²) in [6.07, 6.45) is 0. The quantitative estimate of drug-likeness (QED) is 0.461. The van der Waals surface area contributed by atoms with Gasteiger partial charge in [-0.25, -0.2) is 0 Å². The lowest BCUT2D eigenvalue weighted by molar-refractivity contribution is -0.385. The first kappa shape index (κ1) is 15.6. The lowest BCUT2D eigenvalue weighted by Crippen LogP contribution is -2.09. The van der Waals surface area contributed by atoms with Gasteiger partial charge in [-0.05, 0) is 36.4 Å². The monoisotopic (exact) mass is 318 g/mol. The molecule has 0 heterocycles. The van der Waals surface area contributed by atoms with Gasteiger partial charge >= 0.3 is 5.69 Å². The Hall–Kier alpha value is -2.78. The van der Waals surface area contributed by atoms with Gasteiger partial charge in [0.2, 0.25) is 0 Å². The second-order valence-electron chi connectivity index (χ2n) is 4.20. The fraction of sp³-hybridized carbons (Fsp3) is 0.133. The summed E-state index contributed by atoms with van der Waals surface area (Å²) in [5, 5.41) is 19.9. The van der Waals surface area contributed by atoms with Crippen LogP contribution in [0.5, 0.6) is 11.5 Å². The zero-order valence-corrected chi connectivity index (χ0v) is 12.1. The molecule has 0 saturated heterocycles. The molecule has 0 spiro atoms. The Balaban J connectivity index is 1.88. The first-order valence-electron chi connectivity index (χ1n) is 6.30. The van der Waals surface area contributed by atoms with Crippen LogP contribution in [-0.2, 0) is 0 Å². The van der Waals surface area contributed by atoms with Crippen molar-refractivity contribution in [1.29, 1.82) is 5.26 Å². The molecule has 0 aliphatic rings. The van der Waals surface area contributed by atoms with Crippen LogP contribution in [0.25, 0.3) is 0 Å². The summed E-state index contributed by atoms with van der Waals surface area (Å²) in [5.74, 6) is 0.728. The molecule has 6 nitrogen and oxygen atoms in total. The molecule has 0 aromatic heterocycles. The minimum atomic E-state index is -0.553. The number of hydrogen-bond acceptors (Lipinski definition) is 5. The van der Waals surface area contributed by atoms with E-state index in [-0.39, 0.29) is 29.7 Å². The number of nitriles is 1. The normalized spacial score (nSPS) is 9.82. The Bertz CT molecular complexity index is 710. The standard InChI is InChI=1S/C15H11ClN2O4/c16-12-3-6-15(14(9-12)18(19)20)22-8-7-21-13-4-1-11(10-17)2-5-13/h1-6,9H,7-8H2. The second-order valence-corrected chi connectivity index (χ2v) is 4.64. The third-order valence-corrected chi connectivity index (χ3v) is 2.95. The van der Waals surface area contributed by atoms with E-state index in [2.05, 4.69) is 0 Å². The van der Waals surface area contributed by atoms with Gasteiger partial charge in [-0.15, -0.1) is 0 Å². The Morgan fingerprint density at radius 3 is 2.45 bits per heavy atom. The molecule has 0 saturated carbocycles. The smallest absolute Gasteiger partial charge is 0.312 e. The molecule has 112 valence electrons. The molecule has 0 aliphatic heterocycles. The number of hydrogen-bond donors (Lipinski definition) is 0. The molecule has 0 bridgehead atoms. The predicted molar refractivity (Wildman–Crippen MR) is 80.3 cm³/mol. The van der Waals surface area contributed by atoms with Crippen LogP contribution in [-0.4, -0.2) is 18.1 Å². The first-order chi connectivity index (χ1) is 10.6. The highest BCUT2D eigenvalue weighted by atomic mass is 35.5. The number of nitro groups is 1. The van der Waals surface area contributed by atoms with Crippen LogP contribution in [0.1, 0.15) is 5.56 Å². The molecule has 2 aromatic rings. The van der Waals surface area contributed by atoms with Gasteiger partial charge in [0.15, 0.2) is 5.75 Å². The van der Waals surface area contributed by atoms with Gasteiger partial charge in [0.05, 0.1) is 16.6 Å². The highest BCUT2D eigenvalue weighted by molar-refractivity contribution is 6.30. The topological polar surface area (TPSA) is 85.4 Å². The van der Waals surface area contributed by atoms with E-state index in [0.29, 0.717) is 11.3 Å². The molecule has 0 amide bonds. The minimum absolute atomic E-state index is 0.137. The Labute approximate surface area is 131 Å². The van der Waals surface area contributed by atoms with Gasteiger partial charge in [-0.2, -0.15) is 5.26 Å². The minimum Gasteiger partial charge on any atom is -0.490 e. The lowest BCUT2D eigenvalue weighted by atomic mass is 10.2. The highest BCUT2D eigenvalue weighted by Gasteiger charge is 2.15. The van der Waals surface area contributed by atoms with Gasteiger partial charge in [0.1, 0.15) is 19.0 Å². The summed E-state index contributed by atoms with van der Waals surface area (Å²) in [4.78, 5) is 10.3. The molecular weight excluding hydrogens is 308 g/mol. The largest absolute Gasteiger partial charge is 0.490 e. The second kappa shape index (κ2) is 7.29. The summed E-state index contributed by atoms with van der Waals surface area (Å²) in [6.45, 7) is 0.355. The predicted octanol–water partition coefficient (Wildman–Crippen LogP) is 3.58. The number of nitrogens with zero attached hydrogens (tertiary/aromatic N) is 2. The van der Waals surface area contributed by atoms with Gasteiger partial charge in [-0.1, -0.05) is 11.6 Å². The average molecular weight is 319 g/mol. The summed E-state index contributed by atoms with van der Waals surface area (Å²) in [7, 11) is 0. The zero-order chi connectivity index (χ0) is 15.9. The molecule has 2 aromatic carbocycles. The van der Waals surface area contributed by atoms with Gasteiger partial charge in [0.25, 0.3) is 0 Å². The molecule has 2 rings (SSSR count). The van der Waals surface area contributed by atoms with Gasteiger partial charge in [0, 0.05) is 11.1 Å². The Kier molecular flexibility index (Phi) is 5.17. The molecule has 0 radical (unpaired) electrons. The molecule has 22 heavy (non-hydrogen) atoms. The van der Waals surface area contributed by atoms with Crippen LogP contribution in [0.4, 0.5) is 5.69 Å². The maximum Gasteiger partial charge on any atom is 0.312 e. The van der Waals surface area contributed by atoms with Crippen LogP contribution in [0.15, 0.2) is 42.5 Å². The third kappa shape index (κ3) is 4.11. The summed E-state index contributed by atoms with van der Waals surface area (Å²) < 4.78 is 10.8. The fourth-order valence-electron chi connectivity index (χ4n) is 1.69. The molecule has 0 N–H and O–H groups in total. The summed E-state index contributed by atoms with van der Waals surface area (Å²) in [5.41, 5.74) is 0.353. The number of nitro benzene ring substituents is 1. The molecule has 7 heteroatoms. The van der Waals surface area contributed by atoms with E-state index in [0.717, 1.165) is 0 Å². The van der Waals surface area contributed by atoms with Crippen molar-refractivity contribution in [3.8, 4) is 17.6 Å². The zero-order valence-electron chi connectivity index (χ0n) is 11.4. The number of halogens is 1. The first-order valence-corrected chi connectivity index (χ1v) is 6.67. The van der Waals surface area contributed by atoms with Crippen LogP contribution in [0.3, 0.4) is 0 Å². The highest BCUT2D eigenvalue weighted by Crippen LogP contribution is 2.29. The number of ether oxygens (including phenoxy) is 2. The van der Waals surface area contributed by atoms with Crippen LogP contribution >= 0.6 is 11.6 Å². The van der Waals surface area contributed by atoms with Crippen molar-refractivity contribution in [3.05, 3.63) is 63.2 Å². The average Bonchev–Trinajstić information content (AvgIpc) is 2.53. The van der Waals surface area contributed by atoms with Gasteiger partial charge in [-0.3, -0.25) is 10.1 Å². The summed E-state index contributed by atoms with van der Waals surface area (Å²) in [6, 6.07) is 12.8. The summed E-state index contributed by atoms with van der Waals surface area (Å²) >= 11 is 5.72. The molecular formula is C15H11ClN2O4. The molecule has 0 unspecified atom stereocenters. The number of benzene rings is 2.